The number of fused-ring (bicyclic) bond motifs is 1. The maximum Gasteiger partial charge on any atom is 0.138 e. The highest BCUT2D eigenvalue weighted by Gasteiger charge is 2.13. The van der Waals surface area contributed by atoms with Crippen LogP contribution in [0.2, 0.25) is 5.02 Å². The van der Waals surface area contributed by atoms with Gasteiger partial charge in [-0.05, 0) is 48.7 Å². The van der Waals surface area contributed by atoms with E-state index in [-0.39, 0.29) is 6.61 Å². The highest BCUT2D eigenvalue weighted by atomic mass is 35.5. The molecule has 0 fully saturated rings. The molecule has 0 atom stereocenters. The van der Waals surface area contributed by atoms with Crippen molar-refractivity contribution < 1.29 is 5.11 Å². The maximum absolute atomic E-state index is 9.26. The average molecular weight is 301 g/mol. The van der Waals surface area contributed by atoms with Gasteiger partial charge in [0.1, 0.15) is 5.65 Å². The summed E-state index contributed by atoms with van der Waals surface area (Å²) in [4.78, 5) is 4.74. The Morgan fingerprint density at radius 1 is 1.24 bits per heavy atom. The first-order chi connectivity index (χ1) is 10.1. The molecule has 3 aromatic rings. The molecular weight excluding hydrogens is 284 g/mol. The van der Waals surface area contributed by atoms with Crippen LogP contribution in [0.5, 0.6) is 0 Å². The van der Waals surface area contributed by atoms with E-state index in [1.54, 1.807) is 0 Å². The number of aliphatic hydroxyl groups excluding tert-OH is 1. The molecule has 2 aromatic heterocycles. The number of benzene rings is 1. The molecular formula is C17H17ClN2O. The molecule has 0 spiro atoms. The van der Waals surface area contributed by atoms with Crippen molar-refractivity contribution in [3.63, 3.8) is 0 Å². The molecule has 2 heterocycles. The first-order valence-electron chi connectivity index (χ1n) is 7.01. The zero-order valence-electron chi connectivity index (χ0n) is 12.1. The van der Waals surface area contributed by atoms with Crippen LogP contribution in [0.1, 0.15) is 23.7 Å². The van der Waals surface area contributed by atoms with Gasteiger partial charge in [0.05, 0.1) is 18.0 Å². The Balaban J connectivity index is 2.23. The highest BCUT2D eigenvalue weighted by molar-refractivity contribution is 6.31. The van der Waals surface area contributed by atoms with E-state index in [4.69, 9.17) is 16.6 Å². The molecule has 0 radical (unpaired) electrons. The number of halogens is 1. The third-order valence-corrected chi connectivity index (χ3v) is 4.16. The second kappa shape index (κ2) is 5.51. The summed E-state index contributed by atoms with van der Waals surface area (Å²) in [5.74, 6) is 0. The molecule has 0 unspecified atom stereocenters. The number of rotatable bonds is 3. The summed E-state index contributed by atoms with van der Waals surface area (Å²) >= 11 is 6.11. The standard InChI is InChI=1S/C17H17ClN2O/c1-3-15-17(13-4-5-14(18)11(2)8-13)19-16-9-12(10-21)6-7-20(15)16/h4-9,21H,3,10H2,1-2H3. The van der Waals surface area contributed by atoms with Crippen molar-refractivity contribution >= 4 is 17.2 Å². The van der Waals surface area contributed by atoms with E-state index < -0.39 is 0 Å². The molecule has 21 heavy (non-hydrogen) atoms. The maximum atomic E-state index is 9.26. The van der Waals surface area contributed by atoms with Crippen LogP contribution in [0, 0.1) is 6.92 Å². The fourth-order valence-electron chi connectivity index (χ4n) is 2.60. The largest absolute Gasteiger partial charge is 0.392 e. The van der Waals surface area contributed by atoms with Crippen LogP contribution >= 0.6 is 11.6 Å². The number of pyridine rings is 1. The van der Waals surface area contributed by atoms with E-state index in [1.807, 2.05) is 37.4 Å². The lowest BCUT2D eigenvalue weighted by molar-refractivity contribution is 0.282. The van der Waals surface area contributed by atoms with E-state index in [9.17, 15) is 5.11 Å². The second-order valence-electron chi connectivity index (χ2n) is 5.15. The Morgan fingerprint density at radius 2 is 2.05 bits per heavy atom. The summed E-state index contributed by atoms with van der Waals surface area (Å²) in [5, 5.41) is 10.0. The first kappa shape index (κ1) is 14.1. The molecule has 0 aliphatic heterocycles. The van der Waals surface area contributed by atoms with Crippen LogP contribution < -0.4 is 0 Å². The van der Waals surface area contributed by atoms with Crippen molar-refractivity contribution in [3.05, 3.63) is 58.4 Å². The van der Waals surface area contributed by atoms with E-state index in [0.29, 0.717) is 0 Å². The van der Waals surface area contributed by atoms with E-state index >= 15 is 0 Å². The minimum atomic E-state index is 0.0280. The molecule has 3 rings (SSSR count). The number of aromatic nitrogens is 2. The van der Waals surface area contributed by atoms with Crippen molar-refractivity contribution in [1.82, 2.24) is 9.38 Å². The topological polar surface area (TPSA) is 37.5 Å². The molecule has 1 N–H and O–H groups in total. The molecule has 0 aliphatic rings. The van der Waals surface area contributed by atoms with Crippen molar-refractivity contribution in [2.45, 2.75) is 26.9 Å². The van der Waals surface area contributed by atoms with Gasteiger partial charge in [-0.2, -0.15) is 0 Å². The molecule has 0 aliphatic carbocycles. The van der Waals surface area contributed by atoms with Crippen molar-refractivity contribution in [2.24, 2.45) is 0 Å². The third-order valence-electron chi connectivity index (χ3n) is 3.74. The van der Waals surface area contributed by atoms with Crippen LogP contribution in [-0.4, -0.2) is 14.5 Å². The van der Waals surface area contributed by atoms with Crippen molar-refractivity contribution in [1.29, 1.82) is 0 Å². The first-order valence-corrected chi connectivity index (χ1v) is 7.39. The summed E-state index contributed by atoms with van der Waals surface area (Å²) < 4.78 is 2.08. The van der Waals surface area contributed by atoms with E-state index in [0.717, 1.165) is 45.2 Å². The predicted octanol–water partition coefficient (Wildman–Crippen LogP) is 4.02. The van der Waals surface area contributed by atoms with E-state index in [2.05, 4.69) is 17.4 Å². The Kier molecular flexibility index (Phi) is 3.70. The molecule has 4 heteroatoms. The lowest BCUT2D eigenvalue weighted by Crippen LogP contribution is -1.94. The summed E-state index contributed by atoms with van der Waals surface area (Å²) in [6, 6.07) is 9.82. The average Bonchev–Trinajstić information content (AvgIpc) is 2.87. The number of hydrogen-bond acceptors (Lipinski definition) is 2. The number of aliphatic hydroxyl groups is 1. The van der Waals surface area contributed by atoms with Gasteiger partial charge in [0.2, 0.25) is 0 Å². The zero-order chi connectivity index (χ0) is 15.0. The number of hydrogen-bond donors (Lipinski definition) is 1. The quantitative estimate of drug-likeness (QED) is 0.793. The van der Waals surface area contributed by atoms with Gasteiger partial charge in [0.25, 0.3) is 0 Å². The van der Waals surface area contributed by atoms with Crippen molar-refractivity contribution in [3.8, 4) is 11.3 Å². The fourth-order valence-corrected chi connectivity index (χ4v) is 2.71. The van der Waals surface area contributed by atoms with Gasteiger partial charge in [-0.1, -0.05) is 24.6 Å². The summed E-state index contributed by atoms with van der Waals surface area (Å²) in [7, 11) is 0. The Bertz CT molecular complexity index is 808. The lowest BCUT2D eigenvalue weighted by Gasteiger charge is -2.05. The van der Waals surface area contributed by atoms with Gasteiger partial charge in [-0.3, -0.25) is 0 Å². The Morgan fingerprint density at radius 3 is 2.71 bits per heavy atom. The van der Waals surface area contributed by atoms with Crippen LogP contribution in [-0.2, 0) is 13.0 Å². The summed E-state index contributed by atoms with van der Waals surface area (Å²) in [6.07, 6.45) is 2.86. The predicted molar refractivity (Wildman–Crippen MR) is 85.7 cm³/mol. The lowest BCUT2D eigenvalue weighted by atomic mass is 10.1. The van der Waals surface area contributed by atoms with Gasteiger partial charge in [0.15, 0.2) is 0 Å². The second-order valence-corrected chi connectivity index (χ2v) is 5.55. The summed E-state index contributed by atoms with van der Waals surface area (Å²) in [6.45, 7) is 4.15. The zero-order valence-corrected chi connectivity index (χ0v) is 12.9. The molecule has 0 saturated heterocycles. The fraction of sp³-hybridized carbons (Fsp3) is 0.235. The van der Waals surface area contributed by atoms with Crippen LogP contribution in [0.15, 0.2) is 36.5 Å². The molecule has 1 aromatic carbocycles. The van der Waals surface area contributed by atoms with Gasteiger partial charge >= 0.3 is 0 Å². The van der Waals surface area contributed by atoms with Gasteiger partial charge < -0.3 is 9.51 Å². The minimum Gasteiger partial charge on any atom is -0.392 e. The van der Waals surface area contributed by atoms with Crippen LogP contribution in [0.3, 0.4) is 0 Å². The Labute approximate surface area is 128 Å². The molecule has 3 nitrogen and oxygen atoms in total. The highest BCUT2D eigenvalue weighted by Crippen LogP contribution is 2.28. The van der Waals surface area contributed by atoms with Crippen LogP contribution in [0.25, 0.3) is 16.9 Å². The van der Waals surface area contributed by atoms with Crippen LogP contribution in [0.4, 0.5) is 0 Å². The van der Waals surface area contributed by atoms with Gasteiger partial charge in [0, 0.05) is 16.8 Å². The monoisotopic (exact) mass is 300 g/mol. The minimum absolute atomic E-state index is 0.0280. The molecule has 108 valence electrons. The van der Waals surface area contributed by atoms with Gasteiger partial charge in [-0.15, -0.1) is 0 Å². The van der Waals surface area contributed by atoms with E-state index in [1.165, 1.54) is 0 Å². The molecule has 0 amide bonds. The SMILES string of the molecule is CCc1c(-c2ccc(Cl)c(C)c2)nc2cc(CO)ccn12. The van der Waals surface area contributed by atoms with Gasteiger partial charge in [-0.25, -0.2) is 4.98 Å². The number of nitrogens with zero attached hydrogens (tertiary/aromatic N) is 2. The number of imidazole rings is 1. The molecule has 0 saturated carbocycles. The normalized spacial score (nSPS) is 11.2. The molecule has 0 bridgehead atoms. The Hall–Kier alpha value is -1.84. The number of aryl methyl sites for hydroxylation is 2. The summed E-state index contributed by atoms with van der Waals surface area (Å²) in [5.41, 5.74) is 5.99. The van der Waals surface area contributed by atoms with Crippen molar-refractivity contribution in [2.75, 3.05) is 0 Å². The smallest absolute Gasteiger partial charge is 0.138 e. The third kappa shape index (κ3) is 2.43.